The van der Waals surface area contributed by atoms with E-state index >= 15 is 0 Å². The molecule has 4 heteroatoms. The number of carbonyl (C=O) groups is 1. The van der Waals surface area contributed by atoms with Crippen molar-refractivity contribution >= 4 is 36.2 Å². The second-order valence-corrected chi connectivity index (χ2v) is 19.0. The van der Waals surface area contributed by atoms with Gasteiger partial charge in [0.1, 0.15) is 5.78 Å². The second kappa shape index (κ2) is 11.8. The molecule has 0 radical (unpaired) electrons. The van der Waals surface area contributed by atoms with E-state index < -0.39 is 8.32 Å². The third-order valence-electron chi connectivity index (χ3n) is 10.5. The molecule has 2 fully saturated rings. The number of benzene rings is 3. The smallest absolute Gasteiger partial charge is 0.261 e. The molecular weight excluding hydrogens is 549 g/mol. The van der Waals surface area contributed by atoms with Crippen LogP contribution < -0.4 is 10.4 Å². The first-order valence-electron chi connectivity index (χ1n) is 15.6. The summed E-state index contributed by atoms with van der Waals surface area (Å²) in [6, 6.07) is 32.5. The van der Waals surface area contributed by atoms with Crippen molar-refractivity contribution in [1.29, 1.82) is 0 Å². The Morgan fingerprint density at radius 3 is 2.07 bits per heavy atom. The Morgan fingerprint density at radius 1 is 0.905 bits per heavy atom. The molecule has 0 bridgehead atoms. The van der Waals surface area contributed by atoms with Crippen molar-refractivity contribution in [3.8, 4) is 0 Å². The lowest BCUT2D eigenvalue weighted by Crippen LogP contribution is -2.67. The van der Waals surface area contributed by atoms with Crippen molar-refractivity contribution < 1.29 is 9.22 Å². The van der Waals surface area contributed by atoms with Gasteiger partial charge in [0.05, 0.1) is 0 Å². The fourth-order valence-electron chi connectivity index (χ4n) is 8.89. The van der Waals surface area contributed by atoms with E-state index in [1.165, 1.54) is 20.2 Å². The van der Waals surface area contributed by atoms with Crippen LogP contribution in [0.15, 0.2) is 120 Å². The largest absolute Gasteiger partial charge is 0.407 e. The summed E-state index contributed by atoms with van der Waals surface area (Å²) >= 11 is 1.91. The number of hydrogen-bond acceptors (Lipinski definition) is 3. The molecule has 3 aliphatic rings. The summed E-state index contributed by atoms with van der Waals surface area (Å²) < 4.78 is 7.47. The van der Waals surface area contributed by atoms with Crippen molar-refractivity contribution in [1.82, 2.24) is 0 Å². The molecule has 3 aromatic carbocycles. The quantitative estimate of drug-likeness (QED) is 0.184. The Labute approximate surface area is 257 Å². The molecule has 0 amide bonds. The van der Waals surface area contributed by atoms with Crippen LogP contribution >= 0.6 is 11.8 Å². The van der Waals surface area contributed by atoms with E-state index in [0.29, 0.717) is 30.6 Å². The monoisotopic (exact) mass is 592 g/mol. The number of Topliss-reactive ketones (excluding diaryl/α,β-unsaturated/α-hetero) is 1. The summed E-state index contributed by atoms with van der Waals surface area (Å²) in [5, 5.41) is 2.52. The normalized spacial score (nSPS) is 27.3. The summed E-state index contributed by atoms with van der Waals surface area (Å²) in [7, 11) is -2.68. The third-order valence-corrected chi connectivity index (χ3v) is 16.7. The zero-order valence-corrected chi connectivity index (χ0v) is 27.1. The highest BCUT2D eigenvalue weighted by Gasteiger charge is 2.63. The van der Waals surface area contributed by atoms with Gasteiger partial charge in [0.15, 0.2) is 0 Å². The molecule has 6 rings (SSSR count). The molecule has 3 aliphatic carbocycles. The Bertz CT molecular complexity index is 1390. The topological polar surface area (TPSA) is 26.3 Å². The van der Waals surface area contributed by atoms with E-state index in [2.05, 4.69) is 130 Å². The molecule has 0 spiro atoms. The van der Waals surface area contributed by atoms with Gasteiger partial charge >= 0.3 is 0 Å². The average molecular weight is 593 g/mol. The highest BCUT2D eigenvalue weighted by molar-refractivity contribution is 8.03. The van der Waals surface area contributed by atoms with E-state index in [1.807, 2.05) is 11.8 Å². The SMILES string of the molecule is C=CC[C@@]12[C@@H]3CC=C(Sc4ccccc4)[C@@H]1CC[C@@H]2[C@@H](CO[Si](c1ccccc1)(c1ccccc1)C(C)(C)C)CC3=O. The van der Waals surface area contributed by atoms with Gasteiger partial charge in [-0.2, -0.15) is 0 Å². The third kappa shape index (κ3) is 4.90. The van der Waals surface area contributed by atoms with Crippen LogP contribution in [0.2, 0.25) is 5.04 Å². The predicted molar refractivity (Wildman–Crippen MR) is 179 cm³/mol. The Balaban J connectivity index is 1.36. The van der Waals surface area contributed by atoms with Crippen molar-refractivity contribution in [3.05, 3.63) is 115 Å². The van der Waals surface area contributed by atoms with Gasteiger partial charge in [-0.05, 0) is 81.3 Å². The zero-order valence-electron chi connectivity index (χ0n) is 25.3. The molecule has 5 atom stereocenters. The van der Waals surface area contributed by atoms with Gasteiger partial charge in [-0.25, -0.2) is 0 Å². The molecular formula is C38H44O2SSi. The minimum absolute atomic E-state index is 0.0532. The molecule has 0 saturated heterocycles. The van der Waals surface area contributed by atoms with E-state index in [4.69, 9.17) is 4.43 Å². The Hall–Kier alpha value is -2.66. The number of allylic oxidation sites excluding steroid dienone is 3. The summed E-state index contributed by atoms with van der Waals surface area (Å²) in [5.74, 6) is 1.63. The van der Waals surface area contributed by atoms with E-state index in [9.17, 15) is 4.79 Å². The molecule has 3 aromatic rings. The number of carbonyl (C=O) groups excluding carboxylic acids is 1. The Morgan fingerprint density at radius 2 is 1.50 bits per heavy atom. The molecule has 0 unspecified atom stereocenters. The number of hydrogen-bond donors (Lipinski definition) is 0. The lowest BCUT2D eigenvalue weighted by Gasteiger charge is -2.54. The zero-order chi connectivity index (χ0) is 29.4. The van der Waals surface area contributed by atoms with Gasteiger partial charge in [-0.3, -0.25) is 4.79 Å². The van der Waals surface area contributed by atoms with Crippen LogP contribution in [0.1, 0.15) is 52.9 Å². The number of thioether (sulfide) groups is 1. The minimum Gasteiger partial charge on any atom is -0.407 e. The summed E-state index contributed by atoms with van der Waals surface area (Å²) in [6.45, 7) is 11.9. The molecule has 0 aliphatic heterocycles. The van der Waals surface area contributed by atoms with Crippen LogP contribution in [-0.2, 0) is 9.22 Å². The molecule has 0 aromatic heterocycles. The first-order valence-corrected chi connectivity index (χ1v) is 18.4. The maximum absolute atomic E-state index is 14.0. The number of ketones is 1. The molecule has 218 valence electrons. The second-order valence-electron chi connectivity index (χ2n) is 13.6. The van der Waals surface area contributed by atoms with Crippen molar-refractivity contribution in [2.75, 3.05) is 6.61 Å². The summed E-state index contributed by atoms with van der Waals surface area (Å²) in [4.78, 5) is 16.8. The van der Waals surface area contributed by atoms with Crippen LogP contribution in [-0.4, -0.2) is 20.7 Å². The number of rotatable bonds is 9. The van der Waals surface area contributed by atoms with Gasteiger partial charge in [-0.1, -0.05) is 124 Å². The van der Waals surface area contributed by atoms with Crippen LogP contribution in [0.5, 0.6) is 0 Å². The lowest BCUT2D eigenvalue weighted by atomic mass is 9.51. The molecule has 2 nitrogen and oxygen atoms in total. The van der Waals surface area contributed by atoms with Gasteiger partial charge in [-0.15, -0.1) is 6.58 Å². The van der Waals surface area contributed by atoms with Crippen LogP contribution in [0.3, 0.4) is 0 Å². The maximum Gasteiger partial charge on any atom is 0.261 e. The van der Waals surface area contributed by atoms with Crippen LogP contribution in [0.4, 0.5) is 0 Å². The maximum atomic E-state index is 14.0. The minimum atomic E-state index is -2.68. The fraction of sp³-hybridized carbons (Fsp3) is 0.395. The van der Waals surface area contributed by atoms with Gasteiger partial charge in [0.25, 0.3) is 8.32 Å². The summed E-state index contributed by atoms with van der Waals surface area (Å²) in [6.07, 6.45) is 9.20. The fourth-order valence-corrected chi connectivity index (χ4v) is 14.7. The lowest BCUT2D eigenvalue weighted by molar-refractivity contribution is -0.140. The molecule has 42 heavy (non-hydrogen) atoms. The van der Waals surface area contributed by atoms with Crippen molar-refractivity contribution in [3.63, 3.8) is 0 Å². The van der Waals surface area contributed by atoms with Gasteiger partial charge < -0.3 is 4.43 Å². The van der Waals surface area contributed by atoms with Crippen LogP contribution in [0.25, 0.3) is 0 Å². The van der Waals surface area contributed by atoms with E-state index in [0.717, 1.165) is 25.7 Å². The van der Waals surface area contributed by atoms with Crippen molar-refractivity contribution in [2.24, 2.45) is 29.1 Å². The molecule has 0 heterocycles. The standard InChI is InChI=1S/C38H44O2SSi/c1-5-25-38-32-21-22-34(38)36(41-29-15-9-6-10-16-29)24-23-33(38)35(39)26-28(32)27-40-42(37(2,3)4,30-17-11-7-12-18-30)31-19-13-8-14-20-31/h5-20,24,28,32-34H,1,21-23,25-27H2,2-4H3/t28-,32-,33-,34+,38-/m1/s1. The first-order chi connectivity index (χ1) is 20.3. The van der Waals surface area contributed by atoms with Gasteiger partial charge in [0.2, 0.25) is 0 Å². The Kier molecular flexibility index (Phi) is 8.25. The van der Waals surface area contributed by atoms with Crippen LogP contribution in [0, 0.1) is 29.1 Å². The predicted octanol–water partition coefficient (Wildman–Crippen LogP) is 8.44. The summed E-state index contributed by atoms with van der Waals surface area (Å²) in [5.41, 5.74) is -0.0532. The molecule has 2 saturated carbocycles. The first kappa shape index (κ1) is 29.4. The highest BCUT2D eigenvalue weighted by atomic mass is 32.2. The van der Waals surface area contributed by atoms with Gasteiger partial charge in [0, 0.05) is 23.8 Å². The highest BCUT2D eigenvalue weighted by Crippen LogP contribution is 2.67. The average Bonchev–Trinajstić information content (AvgIpc) is 3.38. The molecule has 0 N–H and O–H groups in total. The van der Waals surface area contributed by atoms with E-state index in [1.54, 1.807) is 0 Å². The van der Waals surface area contributed by atoms with E-state index in [-0.39, 0.29) is 22.3 Å². The van der Waals surface area contributed by atoms with Crippen molar-refractivity contribution in [2.45, 2.75) is 62.8 Å².